The van der Waals surface area contributed by atoms with Gasteiger partial charge in [0.2, 0.25) is 0 Å². The number of nitrogens with one attached hydrogen (secondary N) is 2. The summed E-state index contributed by atoms with van der Waals surface area (Å²) in [5.74, 6) is -1.79. The van der Waals surface area contributed by atoms with Crippen LogP contribution >= 0.6 is 54.5 Å². The molecule has 416 valence electrons. The van der Waals surface area contributed by atoms with E-state index < -0.39 is 59.3 Å². The predicted octanol–water partition coefficient (Wildman–Crippen LogP) is 14.5. The van der Waals surface area contributed by atoms with Gasteiger partial charge in [-0.1, -0.05) is 93.0 Å². The zero-order valence-electron chi connectivity index (χ0n) is 44.4. The van der Waals surface area contributed by atoms with Crippen molar-refractivity contribution >= 4 is 104 Å². The van der Waals surface area contributed by atoms with Gasteiger partial charge in [0, 0.05) is 20.2 Å². The maximum Gasteiger partial charge on any atom is 0.488 e. The monoisotopic (exact) mass is 1250 g/mol. The van der Waals surface area contributed by atoms with Gasteiger partial charge in [0.1, 0.15) is 24.0 Å². The highest BCUT2D eigenvalue weighted by Crippen LogP contribution is 2.43. The first-order valence-corrected chi connectivity index (χ1v) is 26.8. The molecule has 2 amide bonds. The van der Waals surface area contributed by atoms with Gasteiger partial charge in [-0.05, 0) is 132 Å². The molecule has 4 heterocycles. The number of thiazole rings is 2. The molecule has 78 heavy (non-hydrogen) atoms. The quantitative estimate of drug-likeness (QED) is 0.0584. The summed E-state index contributed by atoms with van der Waals surface area (Å²) in [7, 11) is 2.01. The number of carbonyl (C=O) groups is 2. The molecule has 2 aliphatic heterocycles. The number of aromatic nitrogens is 2. The minimum Gasteiger partial charge on any atom is -0.405 e. The van der Waals surface area contributed by atoms with E-state index in [0.29, 0.717) is 44.1 Å². The molecule has 0 saturated carbocycles. The summed E-state index contributed by atoms with van der Waals surface area (Å²) >= 11 is 7.45. The average molecular weight is 1250 g/mol. The Hall–Kier alpha value is -5.47. The highest BCUT2D eigenvalue weighted by molar-refractivity contribution is 9.10. The van der Waals surface area contributed by atoms with Crippen LogP contribution in [-0.2, 0) is 40.6 Å². The van der Waals surface area contributed by atoms with Gasteiger partial charge in [-0.15, -0.1) is 22.7 Å². The number of oxime groups is 2. The molecule has 2 saturated heterocycles. The number of alkyl halides is 6. The zero-order valence-corrected chi connectivity index (χ0v) is 49.2. The smallest absolute Gasteiger partial charge is 0.405 e. The van der Waals surface area contributed by atoms with Gasteiger partial charge in [-0.2, -0.15) is 26.3 Å². The normalized spacial score (nSPS) is 16.1. The van der Waals surface area contributed by atoms with Gasteiger partial charge in [-0.25, -0.2) is 9.97 Å². The summed E-state index contributed by atoms with van der Waals surface area (Å²) in [5.41, 5.74) is 1.38. The minimum atomic E-state index is -4.64. The molecule has 0 atom stereocenters. The van der Waals surface area contributed by atoms with Crippen molar-refractivity contribution in [3.05, 3.63) is 148 Å². The van der Waals surface area contributed by atoms with E-state index in [2.05, 4.69) is 72.4 Å². The number of para-hydroxylation sites is 2. The Balaban J connectivity index is 0.000000202. The Morgan fingerprint density at radius 1 is 0.577 bits per heavy atom. The zero-order chi connectivity index (χ0) is 58.0. The van der Waals surface area contributed by atoms with E-state index in [1.165, 1.54) is 28.1 Å². The molecule has 0 bridgehead atoms. The lowest BCUT2D eigenvalue weighted by molar-refractivity contribution is -0.135. The molecule has 0 aliphatic carbocycles. The highest BCUT2D eigenvalue weighted by Gasteiger charge is 2.63. The van der Waals surface area contributed by atoms with E-state index >= 15 is 0 Å². The van der Waals surface area contributed by atoms with Crippen LogP contribution in [0.2, 0.25) is 0 Å². The summed E-state index contributed by atoms with van der Waals surface area (Å²) in [4.78, 5) is 39.1. The second kappa shape index (κ2) is 26.2. The molecule has 6 aromatic rings. The summed E-state index contributed by atoms with van der Waals surface area (Å²) in [6.45, 7) is 19.1. The molecular formula is C52H56B2Br2F6N6O8S2. The minimum absolute atomic E-state index is 0.170. The van der Waals surface area contributed by atoms with Crippen LogP contribution < -0.4 is 10.6 Å². The van der Waals surface area contributed by atoms with Crippen LogP contribution in [0.1, 0.15) is 107 Å². The number of halogens is 8. The van der Waals surface area contributed by atoms with E-state index in [0.717, 1.165) is 21.2 Å². The number of carbonyl (C=O) groups excluding carboxylic acids is 2. The number of nitrogens with zero attached hydrogens (tertiary/aromatic N) is 4. The van der Waals surface area contributed by atoms with Gasteiger partial charge in [0.25, 0.3) is 11.8 Å². The SMILES string of the molecule is CC1(C)OB(B2OC(C)(C)C(C)(C)O2)OC1(C)C.CO/N=C/c1ccc(-c2ccccc2NC(=O)c2nc(C)sc2C(F)(F)F)cc1.CO/N=C/c1ccc(Br)cc1.Cc1nc(C(=O)Nc2ccccc2Br)c(C(F)(F)F)s1. The van der Waals surface area contributed by atoms with Gasteiger partial charge in [0.15, 0.2) is 11.4 Å². The van der Waals surface area contributed by atoms with Crippen molar-refractivity contribution < 1.29 is 64.2 Å². The molecule has 0 spiro atoms. The number of rotatable bonds is 10. The molecule has 26 heteroatoms. The fourth-order valence-corrected chi connectivity index (χ4v) is 9.05. The lowest BCUT2D eigenvalue weighted by Crippen LogP contribution is -2.41. The molecule has 2 aliphatic rings. The second-order valence-electron chi connectivity index (χ2n) is 19.0. The van der Waals surface area contributed by atoms with E-state index in [1.54, 1.807) is 61.0 Å². The summed E-state index contributed by atoms with van der Waals surface area (Å²) in [6.07, 6.45) is -6.03. The number of benzene rings is 4. The predicted molar refractivity (Wildman–Crippen MR) is 301 cm³/mol. The van der Waals surface area contributed by atoms with E-state index in [4.69, 9.17) is 18.6 Å². The van der Waals surface area contributed by atoms with Crippen LogP contribution in [0.3, 0.4) is 0 Å². The van der Waals surface area contributed by atoms with Crippen molar-refractivity contribution in [1.82, 2.24) is 9.97 Å². The van der Waals surface area contributed by atoms with Gasteiger partial charge >= 0.3 is 26.4 Å². The van der Waals surface area contributed by atoms with Crippen LogP contribution in [0.25, 0.3) is 11.1 Å². The molecule has 0 radical (unpaired) electrons. The first-order valence-electron chi connectivity index (χ1n) is 23.5. The van der Waals surface area contributed by atoms with Gasteiger partial charge < -0.3 is 38.9 Å². The molecule has 0 unspecified atom stereocenters. The Morgan fingerprint density at radius 3 is 1.32 bits per heavy atom. The van der Waals surface area contributed by atoms with Crippen LogP contribution in [-0.4, -0.2) is 84.9 Å². The number of aryl methyl sites for hydroxylation is 2. The first-order chi connectivity index (χ1) is 36.3. The Kier molecular flexibility index (Phi) is 21.3. The van der Waals surface area contributed by atoms with Gasteiger partial charge in [-0.3, -0.25) is 9.59 Å². The Labute approximate surface area is 474 Å². The lowest BCUT2D eigenvalue weighted by atomic mass is 9.49. The molecule has 2 N–H and O–H groups in total. The van der Waals surface area contributed by atoms with Crippen molar-refractivity contribution in [3.63, 3.8) is 0 Å². The molecular weight excluding hydrogens is 1200 g/mol. The number of anilines is 2. The van der Waals surface area contributed by atoms with Crippen molar-refractivity contribution in [3.8, 4) is 11.1 Å². The van der Waals surface area contributed by atoms with Crippen molar-refractivity contribution in [2.75, 3.05) is 24.9 Å². The third-order valence-electron chi connectivity index (χ3n) is 12.2. The Morgan fingerprint density at radius 2 is 0.936 bits per heavy atom. The summed E-state index contributed by atoms with van der Waals surface area (Å²) in [6, 6.07) is 28.6. The summed E-state index contributed by atoms with van der Waals surface area (Å²) in [5, 5.41) is 12.6. The largest absolute Gasteiger partial charge is 0.488 e. The Bertz CT molecular complexity index is 3000. The molecule has 4 aromatic carbocycles. The van der Waals surface area contributed by atoms with Crippen molar-refractivity contribution in [1.29, 1.82) is 0 Å². The fraction of sp³-hybridized carbons (Fsp3) is 0.346. The van der Waals surface area contributed by atoms with Gasteiger partial charge in [0.05, 0.1) is 50.5 Å². The number of hydrogen-bond donors (Lipinski definition) is 2. The standard InChI is InChI=1S/C20H16F3N3O2S.C12H24B2O4.C12H8BrF3N2OS.C8H8BrNO/c1-12-25-17(18(29-12)20(21,22)23)19(27)26-16-6-4-3-5-15(16)14-9-7-13(8-10-14)11-24-28-2;1-9(2)10(3,4)16-13(15-9)14-17-11(5,6)12(7,8)18-14;1-6-17-9(10(20-6)12(14,15)16)11(19)18-8-5-3-2-4-7(8)13;1-11-10-6-7-2-4-8(9)5-3-7/h3-11H,1-2H3,(H,26,27);1-8H3;2-5H,1H3,(H,18,19);2-6H,1H3/b24-11+;;;10-6+. The van der Waals surface area contributed by atoms with Crippen LogP contribution in [0, 0.1) is 13.8 Å². The van der Waals surface area contributed by atoms with E-state index in [-0.39, 0.29) is 32.4 Å². The topological polar surface area (TPSA) is 164 Å². The van der Waals surface area contributed by atoms with Crippen LogP contribution in [0.4, 0.5) is 37.7 Å². The first kappa shape index (κ1) is 63.4. The average Bonchev–Trinajstić information content (AvgIpc) is 4.11. The lowest BCUT2D eigenvalue weighted by Gasteiger charge is -2.32. The number of hydrogen-bond acceptors (Lipinski definition) is 14. The second-order valence-corrected chi connectivity index (χ2v) is 23.2. The molecule has 14 nitrogen and oxygen atoms in total. The maximum atomic E-state index is 13.2. The number of amides is 2. The third-order valence-corrected chi connectivity index (χ3v) is 15.4. The van der Waals surface area contributed by atoms with E-state index in [1.807, 2.05) is 104 Å². The fourth-order valence-electron chi connectivity index (χ4n) is 6.84. The maximum absolute atomic E-state index is 13.2. The van der Waals surface area contributed by atoms with Crippen molar-refractivity contribution in [2.45, 2.75) is 104 Å². The van der Waals surface area contributed by atoms with E-state index in [9.17, 15) is 35.9 Å². The third kappa shape index (κ3) is 16.8. The van der Waals surface area contributed by atoms with Crippen molar-refractivity contribution in [2.24, 2.45) is 10.3 Å². The highest BCUT2D eigenvalue weighted by atomic mass is 79.9. The van der Waals surface area contributed by atoms with Crippen LogP contribution in [0.5, 0.6) is 0 Å². The molecule has 2 fully saturated rings. The summed E-state index contributed by atoms with van der Waals surface area (Å²) < 4.78 is 104. The molecule has 2 aromatic heterocycles. The van der Waals surface area contributed by atoms with Crippen LogP contribution in [0.15, 0.2) is 116 Å². The molecule has 8 rings (SSSR count).